The quantitative estimate of drug-likeness (QED) is 0.472. The number of hydrogen-bond donors (Lipinski definition) is 2. The Hall–Kier alpha value is -1.69. The average molecular weight is 437 g/mol. The number of allylic oxidation sites excluding steroid dienone is 1. The number of nitrogens with one attached hydrogen (secondary N) is 1. The molecule has 0 aliphatic carbocycles. The number of likely N-dealkylation sites (tertiary alicyclic amines) is 1. The maximum absolute atomic E-state index is 13.2. The number of piperidine rings is 1. The van der Waals surface area contributed by atoms with Gasteiger partial charge in [0.05, 0.1) is 12.1 Å². The summed E-state index contributed by atoms with van der Waals surface area (Å²) in [4.78, 5) is 40.0. The van der Waals surface area contributed by atoms with Crippen molar-refractivity contribution >= 4 is 17.7 Å². The molecule has 0 saturated carbocycles. The van der Waals surface area contributed by atoms with Crippen molar-refractivity contribution in [3.63, 3.8) is 0 Å². The van der Waals surface area contributed by atoms with E-state index < -0.39 is 12.0 Å². The van der Waals surface area contributed by atoms with Crippen molar-refractivity contribution in [3.8, 4) is 0 Å². The third-order valence-electron chi connectivity index (χ3n) is 6.74. The van der Waals surface area contributed by atoms with E-state index in [1.54, 1.807) is 13.0 Å². The van der Waals surface area contributed by atoms with Crippen molar-refractivity contribution in [2.45, 2.75) is 99.2 Å². The number of aliphatic carboxylic acids is 1. The third-order valence-corrected chi connectivity index (χ3v) is 6.74. The van der Waals surface area contributed by atoms with E-state index in [0.717, 1.165) is 25.8 Å². The number of ketones is 1. The summed E-state index contributed by atoms with van der Waals surface area (Å²) in [7, 11) is 0. The molecule has 2 N–H and O–H groups in total. The van der Waals surface area contributed by atoms with E-state index in [1.807, 2.05) is 27.7 Å². The van der Waals surface area contributed by atoms with Crippen molar-refractivity contribution in [1.29, 1.82) is 0 Å². The standard InChI is InChI=1S/C25H44N2O4/c1-15(2)19(8)27-12-10-9-11-21(27)24(29)26-23(17(5)6)22(28)14-20(16(3)4)13-18(7)25(30)31/h13,15-17,19-21,23H,9-12,14H2,1-8H3,(H,26,29)(H,30,31)/b18-13+/t19?,20-,21+,23-/m0/s1. The maximum Gasteiger partial charge on any atom is 0.330 e. The molecule has 1 aliphatic rings. The van der Waals surface area contributed by atoms with Crippen LogP contribution in [0.2, 0.25) is 0 Å². The van der Waals surface area contributed by atoms with Crippen molar-refractivity contribution in [3.05, 3.63) is 11.6 Å². The summed E-state index contributed by atoms with van der Waals surface area (Å²) in [6.07, 6.45) is 4.84. The molecule has 1 unspecified atom stereocenters. The van der Waals surface area contributed by atoms with Crippen molar-refractivity contribution in [1.82, 2.24) is 10.2 Å². The molecule has 6 heteroatoms. The van der Waals surface area contributed by atoms with Gasteiger partial charge in [-0.15, -0.1) is 0 Å². The van der Waals surface area contributed by atoms with Crippen molar-refractivity contribution < 1.29 is 19.5 Å². The molecule has 0 spiro atoms. The summed E-state index contributed by atoms with van der Waals surface area (Å²) in [5.41, 5.74) is 0.247. The molecule has 1 heterocycles. The number of nitrogens with zero attached hydrogens (tertiary/aromatic N) is 1. The lowest BCUT2D eigenvalue weighted by Crippen LogP contribution is -2.57. The SMILES string of the molecule is C/C(=C\[C@@H](CC(=O)[C@@H](NC(=O)[C@H]1CCCCN1C(C)C(C)C)C(C)C)C(C)C)C(=O)O. The van der Waals surface area contributed by atoms with Crippen LogP contribution in [0.4, 0.5) is 0 Å². The predicted molar refractivity (Wildman–Crippen MR) is 125 cm³/mol. The van der Waals surface area contributed by atoms with Gasteiger partial charge in [-0.05, 0) is 56.9 Å². The molecular weight excluding hydrogens is 392 g/mol. The number of carboxylic acid groups (broad SMARTS) is 1. The molecule has 4 atom stereocenters. The molecule has 31 heavy (non-hydrogen) atoms. The molecule has 0 aromatic carbocycles. The summed E-state index contributed by atoms with van der Waals surface area (Å²) in [5.74, 6) is -0.686. The van der Waals surface area contributed by atoms with Crippen LogP contribution in [0.1, 0.15) is 81.1 Å². The van der Waals surface area contributed by atoms with Crippen LogP contribution < -0.4 is 5.32 Å². The lowest BCUT2D eigenvalue weighted by molar-refractivity contribution is -0.134. The second kappa shape index (κ2) is 12.4. The fraction of sp³-hybridized carbons (Fsp3) is 0.800. The molecule has 178 valence electrons. The van der Waals surface area contributed by atoms with Gasteiger partial charge in [-0.1, -0.05) is 54.0 Å². The minimum atomic E-state index is -0.969. The normalized spacial score (nSPS) is 21.3. The molecule has 1 saturated heterocycles. The van der Waals surface area contributed by atoms with Crippen molar-refractivity contribution in [2.24, 2.45) is 23.7 Å². The van der Waals surface area contributed by atoms with Crippen LogP contribution in [0.25, 0.3) is 0 Å². The van der Waals surface area contributed by atoms with Crippen LogP contribution in [-0.2, 0) is 14.4 Å². The van der Waals surface area contributed by atoms with E-state index in [9.17, 15) is 19.5 Å². The molecule has 1 rings (SSSR count). The second-order valence-electron chi connectivity index (χ2n) is 10.2. The van der Waals surface area contributed by atoms with Gasteiger partial charge in [0.2, 0.25) is 5.91 Å². The number of rotatable bonds is 11. The van der Waals surface area contributed by atoms with Gasteiger partial charge in [0.25, 0.3) is 0 Å². The minimum Gasteiger partial charge on any atom is -0.478 e. The van der Waals surface area contributed by atoms with E-state index in [1.165, 1.54) is 0 Å². The molecule has 0 aromatic rings. The van der Waals surface area contributed by atoms with Gasteiger partial charge < -0.3 is 10.4 Å². The number of amides is 1. The average Bonchev–Trinajstić information content (AvgIpc) is 2.69. The summed E-state index contributed by atoms with van der Waals surface area (Å²) < 4.78 is 0. The molecule has 1 aliphatic heterocycles. The fourth-order valence-corrected chi connectivity index (χ4v) is 4.21. The van der Waals surface area contributed by atoms with Crippen LogP contribution in [0.5, 0.6) is 0 Å². The highest BCUT2D eigenvalue weighted by atomic mass is 16.4. The van der Waals surface area contributed by atoms with E-state index in [-0.39, 0.29) is 47.5 Å². The Bertz CT molecular complexity index is 654. The zero-order valence-corrected chi connectivity index (χ0v) is 20.8. The van der Waals surface area contributed by atoms with Gasteiger partial charge in [-0.25, -0.2) is 4.79 Å². The predicted octanol–water partition coefficient (Wildman–Crippen LogP) is 4.29. The van der Waals surface area contributed by atoms with Crippen LogP contribution in [0.15, 0.2) is 11.6 Å². The maximum atomic E-state index is 13.2. The van der Waals surface area contributed by atoms with Crippen LogP contribution in [0.3, 0.4) is 0 Å². The summed E-state index contributed by atoms with van der Waals surface area (Å²) in [6.45, 7) is 16.8. The number of carbonyl (C=O) groups excluding carboxylic acids is 2. The van der Waals surface area contributed by atoms with Crippen LogP contribution >= 0.6 is 0 Å². The van der Waals surface area contributed by atoms with Gasteiger partial charge in [-0.2, -0.15) is 0 Å². The van der Waals surface area contributed by atoms with Crippen LogP contribution in [-0.4, -0.2) is 52.3 Å². The first-order chi connectivity index (χ1) is 14.4. The van der Waals surface area contributed by atoms with E-state index in [4.69, 9.17) is 0 Å². The lowest BCUT2D eigenvalue weighted by Gasteiger charge is -2.41. The highest BCUT2D eigenvalue weighted by Crippen LogP contribution is 2.25. The molecule has 1 amide bonds. The first kappa shape index (κ1) is 27.3. The summed E-state index contributed by atoms with van der Waals surface area (Å²) in [6, 6.07) is -0.459. The smallest absolute Gasteiger partial charge is 0.330 e. The van der Waals surface area contributed by atoms with Crippen LogP contribution in [0, 0.1) is 23.7 Å². The Morgan fingerprint density at radius 3 is 2.10 bits per heavy atom. The molecular formula is C25H44N2O4. The molecule has 0 bridgehead atoms. The Kier molecular flexibility index (Phi) is 10.9. The summed E-state index contributed by atoms with van der Waals surface area (Å²) >= 11 is 0. The summed E-state index contributed by atoms with van der Waals surface area (Å²) in [5, 5.41) is 12.3. The van der Waals surface area contributed by atoms with E-state index in [2.05, 4.69) is 31.0 Å². The van der Waals surface area contributed by atoms with Gasteiger partial charge in [0.15, 0.2) is 5.78 Å². The molecule has 0 aromatic heterocycles. The first-order valence-corrected chi connectivity index (χ1v) is 11.9. The zero-order valence-electron chi connectivity index (χ0n) is 20.8. The largest absolute Gasteiger partial charge is 0.478 e. The monoisotopic (exact) mass is 436 g/mol. The number of carbonyl (C=O) groups is 3. The second-order valence-corrected chi connectivity index (χ2v) is 10.2. The number of hydrogen-bond acceptors (Lipinski definition) is 4. The van der Waals surface area contributed by atoms with E-state index in [0.29, 0.717) is 12.0 Å². The Morgan fingerprint density at radius 1 is 1.00 bits per heavy atom. The Morgan fingerprint density at radius 2 is 1.61 bits per heavy atom. The van der Waals surface area contributed by atoms with Crippen molar-refractivity contribution in [2.75, 3.05) is 6.54 Å². The van der Waals surface area contributed by atoms with Gasteiger partial charge in [-0.3, -0.25) is 14.5 Å². The molecule has 6 nitrogen and oxygen atoms in total. The molecule has 1 fully saturated rings. The Balaban J connectivity index is 2.97. The highest BCUT2D eigenvalue weighted by molar-refractivity contribution is 5.91. The third kappa shape index (κ3) is 8.06. The first-order valence-electron chi connectivity index (χ1n) is 11.9. The molecule has 0 radical (unpaired) electrons. The van der Waals surface area contributed by atoms with E-state index >= 15 is 0 Å². The zero-order chi connectivity index (χ0) is 23.9. The lowest BCUT2D eigenvalue weighted by atomic mass is 9.85. The van der Waals surface area contributed by atoms with Gasteiger partial charge >= 0.3 is 5.97 Å². The number of carboxylic acids is 1. The topological polar surface area (TPSA) is 86.7 Å². The minimum absolute atomic E-state index is 0.0317. The van der Waals surface area contributed by atoms with Gasteiger partial charge in [0, 0.05) is 18.0 Å². The fourth-order valence-electron chi connectivity index (χ4n) is 4.21. The highest BCUT2D eigenvalue weighted by Gasteiger charge is 2.35. The Labute approximate surface area is 188 Å². The van der Waals surface area contributed by atoms with Gasteiger partial charge in [0.1, 0.15) is 0 Å². The number of Topliss-reactive ketones (excluding diaryl/α,β-unsaturated/α-hetero) is 1.